The third-order valence-corrected chi connectivity index (χ3v) is 8.48. The zero-order valence-electron chi connectivity index (χ0n) is 24.0. The Balaban J connectivity index is 1.92. The van der Waals surface area contributed by atoms with E-state index in [0.29, 0.717) is 12.3 Å². The van der Waals surface area contributed by atoms with Gasteiger partial charge >= 0.3 is 0 Å². The monoisotopic (exact) mass is 494 g/mol. The van der Waals surface area contributed by atoms with Crippen molar-refractivity contribution in [1.29, 1.82) is 0 Å². The summed E-state index contributed by atoms with van der Waals surface area (Å²) in [7, 11) is 0. The molecule has 36 heavy (non-hydrogen) atoms. The molecule has 0 bridgehead atoms. The number of hydrogen-bond acceptors (Lipinski definition) is 2. The normalized spacial score (nSPS) is 23.2. The first-order chi connectivity index (χ1) is 17.2. The van der Waals surface area contributed by atoms with Crippen molar-refractivity contribution in [1.82, 2.24) is 0 Å². The zero-order valence-corrected chi connectivity index (χ0v) is 24.0. The SMILES string of the molecule is CCCCCCCCCCCCCCC(C)(C=O)CC1(c2ccc(C(C)C)cc2)C=CC=CC1(C)O. The molecule has 2 nitrogen and oxygen atoms in total. The molecule has 1 aromatic carbocycles. The van der Waals surface area contributed by atoms with Crippen LogP contribution in [-0.4, -0.2) is 17.0 Å². The van der Waals surface area contributed by atoms with Crippen molar-refractivity contribution < 1.29 is 9.90 Å². The smallest absolute Gasteiger partial charge is 0.125 e. The quantitative estimate of drug-likeness (QED) is 0.163. The number of rotatable bonds is 18. The van der Waals surface area contributed by atoms with Gasteiger partial charge in [-0.3, -0.25) is 0 Å². The molecule has 0 saturated heterocycles. The lowest BCUT2D eigenvalue weighted by atomic mass is 9.58. The van der Waals surface area contributed by atoms with Crippen LogP contribution in [0.2, 0.25) is 0 Å². The Kier molecular flexibility index (Phi) is 12.7. The second-order valence-electron chi connectivity index (χ2n) is 12.2. The third-order valence-electron chi connectivity index (χ3n) is 8.48. The maximum absolute atomic E-state index is 12.4. The Morgan fingerprint density at radius 3 is 1.81 bits per heavy atom. The number of unbranched alkanes of at least 4 members (excludes halogenated alkanes) is 11. The Morgan fingerprint density at radius 1 is 0.833 bits per heavy atom. The fourth-order valence-electron chi connectivity index (χ4n) is 5.87. The molecule has 0 aromatic heterocycles. The summed E-state index contributed by atoms with van der Waals surface area (Å²) in [6.07, 6.45) is 26.4. The molecule has 0 spiro atoms. The maximum atomic E-state index is 12.4. The Hall–Kier alpha value is -1.67. The molecular formula is C34H54O2. The van der Waals surface area contributed by atoms with Gasteiger partial charge < -0.3 is 9.90 Å². The van der Waals surface area contributed by atoms with Crippen LogP contribution in [0.1, 0.15) is 142 Å². The maximum Gasteiger partial charge on any atom is 0.125 e. The molecule has 0 aliphatic heterocycles. The van der Waals surface area contributed by atoms with Gasteiger partial charge in [0.2, 0.25) is 0 Å². The topological polar surface area (TPSA) is 37.3 Å². The van der Waals surface area contributed by atoms with E-state index >= 15 is 0 Å². The summed E-state index contributed by atoms with van der Waals surface area (Å²) in [4.78, 5) is 12.4. The van der Waals surface area contributed by atoms with Crippen molar-refractivity contribution in [2.75, 3.05) is 0 Å². The Morgan fingerprint density at radius 2 is 1.33 bits per heavy atom. The van der Waals surface area contributed by atoms with Crippen LogP contribution in [0.4, 0.5) is 0 Å². The predicted molar refractivity (Wildman–Crippen MR) is 156 cm³/mol. The van der Waals surface area contributed by atoms with Crippen molar-refractivity contribution in [2.45, 2.75) is 141 Å². The first-order valence-corrected chi connectivity index (χ1v) is 14.9. The van der Waals surface area contributed by atoms with Crippen molar-refractivity contribution in [3.63, 3.8) is 0 Å². The van der Waals surface area contributed by atoms with Gasteiger partial charge in [-0.05, 0) is 36.8 Å². The molecule has 202 valence electrons. The lowest BCUT2D eigenvalue weighted by molar-refractivity contribution is -0.117. The molecule has 2 heteroatoms. The van der Waals surface area contributed by atoms with E-state index in [1.54, 1.807) is 0 Å². The van der Waals surface area contributed by atoms with Crippen molar-refractivity contribution in [2.24, 2.45) is 5.41 Å². The highest BCUT2D eigenvalue weighted by Crippen LogP contribution is 2.49. The highest BCUT2D eigenvalue weighted by molar-refractivity contribution is 5.60. The fourth-order valence-corrected chi connectivity index (χ4v) is 5.87. The third kappa shape index (κ3) is 8.72. The van der Waals surface area contributed by atoms with Crippen LogP contribution < -0.4 is 0 Å². The van der Waals surface area contributed by atoms with E-state index in [9.17, 15) is 9.90 Å². The molecule has 2 rings (SSSR count). The summed E-state index contributed by atoms with van der Waals surface area (Å²) in [6, 6.07) is 8.66. The van der Waals surface area contributed by atoms with E-state index in [4.69, 9.17) is 0 Å². The summed E-state index contributed by atoms with van der Waals surface area (Å²) >= 11 is 0. The van der Waals surface area contributed by atoms with Gasteiger partial charge in [-0.25, -0.2) is 0 Å². The summed E-state index contributed by atoms with van der Waals surface area (Å²) in [5, 5.41) is 11.6. The van der Waals surface area contributed by atoms with Crippen LogP contribution >= 0.6 is 0 Å². The number of allylic oxidation sites excluding steroid dienone is 2. The summed E-state index contributed by atoms with van der Waals surface area (Å²) in [5.41, 5.74) is 0.222. The molecule has 0 heterocycles. The first kappa shape index (κ1) is 30.6. The lowest BCUT2D eigenvalue weighted by Gasteiger charge is -2.47. The minimum Gasteiger partial charge on any atom is -0.385 e. The molecular weight excluding hydrogens is 440 g/mol. The molecule has 0 saturated carbocycles. The molecule has 3 unspecified atom stereocenters. The number of hydrogen-bond donors (Lipinski definition) is 1. The van der Waals surface area contributed by atoms with E-state index < -0.39 is 16.4 Å². The van der Waals surface area contributed by atoms with Crippen molar-refractivity contribution in [3.8, 4) is 0 Å². The number of benzene rings is 1. The molecule has 3 atom stereocenters. The van der Waals surface area contributed by atoms with Crippen LogP contribution in [0.3, 0.4) is 0 Å². The zero-order chi connectivity index (χ0) is 26.5. The molecule has 0 amide bonds. The standard InChI is InChI=1S/C34H54O2/c1-6-7-8-9-10-11-12-13-14-15-16-17-24-32(4,28-35)27-34(26-19-18-25-33(34,5)36)31-22-20-30(21-23-31)29(2)3/h18-23,25-26,28-29,36H,6-17,24,27H2,1-5H3. The average Bonchev–Trinajstić information content (AvgIpc) is 2.86. The van der Waals surface area contributed by atoms with E-state index in [2.05, 4.69) is 58.0 Å². The highest BCUT2D eigenvalue weighted by atomic mass is 16.3. The molecule has 1 N–H and O–H groups in total. The van der Waals surface area contributed by atoms with Gasteiger partial charge in [0.05, 0.1) is 5.60 Å². The van der Waals surface area contributed by atoms with Crippen LogP contribution in [0, 0.1) is 5.41 Å². The largest absolute Gasteiger partial charge is 0.385 e. The minimum atomic E-state index is -1.05. The van der Waals surface area contributed by atoms with Crippen LogP contribution in [0.25, 0.3) is 0 Å². The number of carbonyl (C=O) groups is 1. The van der Waals surface area contributed by atoms with Gasteiger partial charge in [0.15, 0.2) is 0 Å². The Labute approximate surface area is 222 Å². The number of aldehydes is 1. The summed E-state index contributed by atoms with van der Waals surface area (Å²) in [5.74, 6) is 0.461. The van der Waals surface area contributed by atoms with E-state index in [1.165, 1.54) is 76.2 Å². The number of carbonyl (C=O) groups excluding carboxylic acids is 1. The molecule has 1 aliphatic carbocycles. The minimum absolute atomic E-state index is 0.461. The fraction of sp³-hybridized carbons (Fsp3) is 0.676. The van der Waals surface area contributed by atoms with E-state index in [-0.39, 0.29) is 0 Å². The number of aliphatic hydroxyl groups is 1. The van der Waals surface area contributed by atoms with Gasteiger partial charge in [-0.15, -0.1) is 0 Å². The van der Waals surface area contributed by atoms with Gasteiger partial charge in [-0.1, -0.05) is 153 Å². The van der Waals surface area contributed by atoms with Crippen LogP contribution in [0.5, 0.6) is 0 Å². The molecule has 1 aromatic rings. The Bertz CT molecular complexity index is 816. The first-order valence-electron chi connectivity index (χ1n) is 14.9. The van der Waals surface area contributed by atoms with Gasteiger partial charge in [0.1, 0.15) is 6.29 Å². The molecule has 0 radical (unpaired) electrons. The second-order valence-corrected chi connectivity index (χ2v) is 12.2. The molecule has 0 fully saturated rings. The molecule has 1 aliphatic rings. The summed E-state index contributed by atoms with van der Waals surface area (Å²) < 4.78 is 0. The van der Waals surface area contributed by atoms with Crippen LogP contribution in [-0.2, 0) is 10.2 Å². The highest BCUT2D eigenvalue weighted by Gasteiger charge is 2.49. The van der Waals surface area contributed by atoms with E-state index in [1.807, 2.05) is 25.2 Å². The average molecular weight is 495 g/mol. The van der Waals surface area contributed by atoms with Gasteiger partial charge in [0, 0.05) is 10.8 Å². The van der Waals surface area contributed by atoms with Gasteiger partial charge in [0.25, 0.3) is 0 Å². The summed E-state index contributed by atoms with van der Waals surface area (Å²) in [6.45, 7) is 10.6. The second kappa shape index (κ2) is 14.9. The van der Waals surface area contributed by atoms with Crippen molar-refractivity contribution in [3.05, 3.63) is 59.7 Å². The van der Waals surface area contributed by atoms with Crippen LogP contribution in [0.15, 0.2) is 48.6 Å². The van der Waals surface area contributed by atoms with Crippen molar-refractivity contribution >= 4 is 6.29 Å². The van der Waals surface area contributed by atoms with E-state index in [0.717, 1.165) is 24.7 Å². The van der Waals surface area contributed by atoms with Gasteiger partial charge in [-0.2, -0.15) is 0 Å². The predicted octanol–water partition coefficient (Wildman–Crippen LogP) is 9.61. The lowest BCUT2D eigenvalue weighted by Crippen LogP contribution is -2.51.